The average molecular weight is 426 g/mol. The second-order valence-electron chi connectivity index (χ2n) is 9.16. The third-order valence-electron chi connectivity index (χ3n) is 6.27. The molecule has 0 bridgehead atoms. The standard InChI is InChI=1S/C22H39N3O5/c1-5-6-10-16(24-20(28)22(23)11-8-7-9-12-22)17(26)19(27)25-18(15(2)3)21(4)29-13-14-30-21/h15-16,18H,5-14,23H2,1-4H3,(H,24,28)(H,25,27)/t16-,18-/m0/s1. The number of nitrogens with two attached hydrogens (primary N) is 1. The van der Waals surface area contributed by atoms with E-state index in [2.05, 4.69) is 10.6 Å². The summed E-state index contributed by atoms with van der Waals surface area (Å²) in [6.45, 7) is 8.52. The number of ketones is 1. The zero-order valence-corrected chi connectivity index (χ0v) is 18.9. The molecule has 172 valence electrons. The summed E-state index contributed by atoms with van der Waals surface area (Å²) < 4.78 is 11.4. The van der Waals surface area contributed by atoms with Crippen LogP contribution < -0.4 is 16.4 Å². The molecule has 2 atom stereocenters. The molecule has 0 radical (unpaired) electrons. The van der Waals surface area contributed by atoms with Gasteiger partial charge in [-0.05, 0) is 32.1 Å². The first-order valence-electron chi connectivity index (χ1n) is 11.4. The Morgan fingerprint density at radius 1 is 1.03 bits per heavy atom. The number of nitrogens with one attached hydrogen (secondary N) is 2. The van der Waals surface area contributed by atoms with E-state index in [0.717, 1.165) is 32.1 Å². The molecule has 0 unspecified atom stereocenters. The summed E-state index contributed by atoms with van der Waals surface area (Å²) in [6, 6.07) is -1.37. The van der Waals surface area contributed by atoms with Gasteiger partial charge in [0.1, 0.15) is 0 Å². The Hall–Kier alpha value is -1.51. The molecule has 0 aromatic carbocycles. The SMILES string of the molecule is CCCC[C@H](NC(=O)C1(N)CCCCC1)C(=O)C(=O)N[C@@H](C(C)C)C1(C)OCCO1. The van der Waals surface area contributed by atoms with Gasteiger partial charge in [-0.25, -0.2) is 0 Å². The molecule has 30 heavy (non-hydrogen) atoms. The van der Waals surface area contributed by atoms with Gasteiger partial charge in [-0.1, -0.05) is 52.9 Å². The molecule has 0 aromatic rings. The summed E-state index contributed by atoms with van der Waals surface area (Å²) in [5.74, 6) is -2.70. The van der Waals surface area contributed by atoms with E-state index >= 15 is 0 Å². The number of hydrogen-bond acceptors (Lipinski definition) is 6. The lowest BCUT2D eigenvalue weighted by Crippen LogP contribution is -2.61. The lowest BCUT2D eigenvalue weighted by molar-refractivity contribution is -0.176. The van der Waals surface area contributed by atoms with Crippen molar-refractivity contribution in [2.45, 2.75) is 102 Å². The van der Waals surface area contributed by atoms with Crippen LogP contribution in [0.5, 0.6) is 0 Å². The lowest BCUT2D eigenvalue weighted by atomic mass is 9.81. The van der Waals surface area contributed by atoms with Gasteiger partial charge in [0, 0.05) is 0 Å². The summed E-state index contributed by atoms with van der Waals surface area (Å²) in [4.78, 5) is 38.7. The quantitative estimate of drug-likeness (QED) is 0.459. The highest BCUT2D eigenvalue weighted by Crippen LogP contribution is 2.28. The van der Waals surface area contributed by atoms with Crippen molar-refractivity contribution in [3.8, 4) is 0 Å². The van der Waals surface area contributed by atoms with Gasteiger partial charge in [0.05, 0.1) is 30.8 Å². The molecule has 2 aliphatic rings. The van der Waals surface area contributed by atoms with Crippen molar-refractivity contribution in [2.75, 3.05) is 13.2 Å². The zero-order valence-electron chi connectivity index (χ0n) is 18.9. The van der Waals surface area contributed by atoms with Crippen molar-refractivity contribution in [3.05, 3.63) is 0 Å². The lowest BCUT2D eigenvalue weighted by Gasteiger charge is -2.36. The topological polar surface area (TPSA) is 120 Å². The number of carbonyl (C=O) groups is 3. The third-order valence-corrected chi connectivity index (χ3v) is 6.27. The molecular weight excluding hydrogens is 386 g/mol. The molecule has 0 spiro atoms. The van der Waals surface area contributed by atoms with Crippen LogP contribution >= 0.6 is 0 Å². The van der Waals surface area contributed by atoms with Crippen LogP contribution in [0.1, 0.15) is 79.1 Å². The van der Waals surface area contributed by atoms with E-state index in [4.69, 9.17) is 15.2 Å². The Morgan fingerprint density at radius 2 is 1.63 bits per heavy atom. The van der Waals surface area contributed by atoms with Crippen LogP contribution in [0, 0.1) is 5.92 Å². The molecule has 2 rings (SSSR count). The van der Waals surface area contributed by atoms with Crippen molar-refractivity contribution in [1.82, 2.24) is 10.6 Å². The van der Waals surface area contributed by atoms with Gasteiger partial charge in [-0.2, -0.15) is 0 Å². The van der Waals surface area contributed by atoms with Crippen molar-refractivity contribution < 1.29 is 23.9 Å². The molecule has 1 aliphatic carbocycles. The summed E-state index contributed by atoms with van der Waals surface area (Å²) in [5, 5.41) is 5.58. The fourth-order valence-corrected chi connectivity index (χ4v) is 4.37. The van der Waals surface area contributed by atoms with Crippen LogP contribution in [0.25, 0.3) is 0 Å². The zero-order chi connectivity index (χ0) is 22.4. The van der Waals surface area contributed by atoms with Crippen molar-refractivity contribution >= 4 is 17.6 Å². The summed E-state index contributed by atoms with van der Waals surface area (Å²) >= 11 is 0. The van der Waals surface area contributed by atoms with E-state index in [1.54, 1.807) is 6.92 Å². The first-order chi connectivity index (χ1) is 14.1. The highest BCUT2D eigenvalue weighted by molar-refractivity contribution is 6.38. The third kappa shape index (κ3) is 6.02. The van der Waals surface area contributed by atoms with Crippen molar-refractivity contribution in [3.63, 3.8) is 0 Å². The van der Waals surface area contributed by atoms with E-state index in [-0.39, 0.29) is 11.8 Å². The highest BCUT2D eigenvalue weighted by Gasteiger charge is 2.44. The predicted molar refractivity (Wildman–Crippen MR) is 114 cm³/mol. The fourth-order valence-electron chi connectivity index (χ4n) is 4.37. The smallest absolute Gasteiger partial charge is 0.290 e. The highest BCUT2D eigenvalue weighted by atomic mass is 16.7. The summed E-state index contributed by atoms with van der Waals surface area (Å²) in [5.41, 5.74) is 5.36. The molecule has 8 heteroatoms. The van der Waals surface area contributed by atoms with Gasteiger partial charge >= 0.3 is 0 Å². The molecule has 0 aromatic heterocycles. The minimum atomic E-state index is -0.977. The Morgan fingerprint density at radius 3 is 2.17 bits per heavy atom. The fraction of sp³-hybridized carbons (Fsp3) is 0.864. The Bertz CT molecular complexity index is 610. The number of rotatable bonds is 10. The van der Waals surface area contributed by atoms with Gasteiger partial charge in [-0.3, -0.25) is 14.4 Å². The van der Waals surface area contributed by atoms with Crippen LogP contribution in [-0.2, 0) is 23.9 Å². The average Bonchev–Trinajstić information content (AvgIpc) is 3.15. The van der Waals surface area contributed by atoms with Crippen LogP contribution in [0.15, 0.2) is 0 Å². The van der Waals surface area contributed by atoms with E-state index in [1.807, 2.05) is 20.8 Å². The van der Waals surface area contributed by atoms with E-state index < -0.39 is 35.1 Å². The number of Topliss-reactive ketones (excluding diaryl/α,β-unsaturated/α-hetero) is 1. The summed E-state index contributed by atoms with van der Waals surface area (Å²) in [7, 11) is 0. The normalized spacial score (nSPS) is 22.3. The minimum Gasteiger partial charge on any atom is -0.346 e. The van der Waals surface area contributed by atoms with Crippen LogP contribution in [0.2, 0.25) is 0 Å². The van der Waals surface area contributed by atoms with Crippen LogP contribution in [-0.4, -0.2) is 54.2 Å². The van der Waals surface area contributed by atoms with E-state index in [0.29, 0.717) is 32.5 Å². The van der Waals surface area contributed by atoms with Gasteiger partial charge in [0.15, 0.2) is 5.79 Å². The Labute approximate surface area is 180 Å². The molecule has 2 amide bonds. The molecule has 2 fully saturated rings. The van der Waals surface area contributed by atoms with Crippen LogP contribution in [0.3, 0.4) is 0 Å². The molecule has 1 aliphatic heterocycles. The van der Waals surface area contributed by atoms with Gasteiger partial charge in [0.2, 0.25) is 11.7 Å². The first-order valence-corrected chi connectivity index (χ1v) is 11.4. The monoisotopic (exact) mass is 425 g/mol. The van der Waals surface area contributed by atoms with E-state index in [1.165, 1.54) is 0 Å². The maximum absolute atomic E-state index is 13.0. The van der Waals surface area contributed by atoms with E-state index in [9.17, 15) is 14.4 Å². The van der Waals surface area contributed by atoms with Crippen LogP contribution in [0.4, 0.5) is 0 Å². The largest absolute Gasteiger partial charge is 0.346 e. The molecule has 1 saturated heterocycles. The van der Waals surface area contributed by atoms with Crippen molar-refractivity contribution in [2.24, 2.45) is 11.7 Å². The molecular formula is C22H39N3O5. The number of ether oxygens (including phenoxy) is 2. The maximum atomic E-state index is 13.0. The second kappa shape index (κ2) is 10.7. The Kier molecular flexibility index (Phi) is 8.82. The number of hydrogen-bond donors (Lipinski definition) is 3. The number of carbonyl (C=O) groups excluding carboxylic acids is 3. The van der Waals surface area contributed by atoms with Gasteiger partial charge in [0.25, 0.3) is 5.91 Å². The number of unbranched alkanes of at least 4 members (excludes halogenated alkanes) is 1. The molecule has 4 N–H and O–H groups in total. The molecule has 1 saturated carbocycles. The predicted octanol–water partition coefficient (Wildman–Crippen LogP) is 1.80. The second-order valence-corrected chi connectivity index (χ2v) is 9.16. The van der Waals surface area contributed by atoms with Gasteiger partial charge in [-0.15, -0.1) is 0 Å². The first kappa shape index (κ1) is 24.8. The number of amides is 2. The molecule has 1 heterocycles. The van der Waals surface area contributed by atoms with Gasteiger partial charge < -0.3 is 25.8 Å². The minimum absolute atomic E-state index is 0.0110. The summed E-state index contributed by atoms with van der Waals surface area (Å²) in [6.07, 6.45) is 6.03. The Balaban J connectivity index is 2.08. The molecule has 8 nitrogen and oxygen atoms in total. The van der Waals surface area contributed by atoms with Crippen molar-refractivity contribution in [1.29, 1.82) is 0 Å². The maximum Gasteiger partial charge on any atom is 0.290 e.